The second-order valence-corrected chi connectivity index (χ2v) is 5.50. The normalized spacial score (nSPS) is 12.5. The number of nitrogens with zero attached hydrogens (tertiary/aromatic N) is 2. The third-order valence-electron chi connectivity index (χ3n) is 3.27. The highest BCUT2D eigenvalue weighted by Gasteiger charge is 2.21. The van der Waals surface area contributed by atoms with E-state index in [-0.39, 0.29) is 11.9 Å². The molecule has 2 N–H and O–H groups in total. The number of rotatable bonds is 7. The number of hydrogen-bond donors (Lipinski definition) is 1. The van der Waals surface area contributed by atoms with Gasteiger partial charge in [0.25, 0.3) is 0 Å². The van der Waals surface area contributed by atoms with Gasteiger partial charge in [-0.25, -0.2) is 0 Å². The average Bonchev–Trinajstić information content (AvgIpc) is 2.41. The molecule has 0 aliphatic rings. The van der Waals surface area contributed by atoms with E-state index in [1.165, 1.54) is 0 Å². The Hall–Kier alpha value is -1.10. The minimum Gasteiger partial charge on any atom is -0.348 e. The molecule has 0 aliphatic heterocycles. The SMILES string of the molecule is CCCN(CC(=O)N(C)C)C(CN)c1ccc(Cl)cc1. The van der Waals surface area contributed by atoms with E-state index < -0.39 is 0 Å². The van der Waals surface area contributed by atoms with Crippen molar-refractivity contribution in [3.05, 3.63) is 34.9 Å². The van der Waals surface area contributed by atoms with Crippen LogP contribution in [0.5, 0.6) is 0 Å². The monoisotopic (exact) mass is 297 g/mol. The summed E-state index contributed by atoms with van der Waals surface area (Å²) < 4.78 is 0. The molecule has 1 unspecified atom stereocenters. The summed E-state index contributed by atoms with van der Waals surface area (Å²) in [6.45, 7) is 3.79. The van der Waals surface area contributed by atoms with E-state index in [0.29, 0.717) is 18.1 Å². The van der Waals surface area contributed by atoms with Crippen molar-refractivity contribution in [1.82, 2.24) is 9.80 Å². The van der Waals surface area contributed by atoms with Crippen molar-refractivity contribution in [2.75, 3.05) is 33.7 Å². The zero-order valence-electron chi connectivity index (χ0n) is 12.5. The lowest BCUT2D eigenvalue weighted by Crippen LogP contribution is -2.41. The summed E-state index contributed by atoms with van der Waals surface area (Å²) in [5.74, 6) is 0.0888. The van der Waals surface area contributed by atoms with Crippen LogP contribution in [0, 0.1) is 0 Å². The van der Waals surface area contributed by atoms with Gasteiger partial charge in [0, 0.05) is 31.7 Å². The third kappa shape index (κ3) is 4.78. The van der Waals surface area contributed by atoms with Crippen LogP contribution >= 0.6 is 11.6 Å². The molecule has 0 fully saturated rings. The quantitative estimate of drug-likeness (QED) is 0.839. The van der Waals surface area contributed by atoms with Crippen molar-refractivity contribution in [1.29, 1.82) is 0 Å². The Bertz CT molecular complexity index is 420. The fraction of sp³-hybridized carbons (Fsp3) is 0.533. The number of nitrogens with two attached hydrogens (primary N) is 1. The average molecular weight is 298 g/mol. The number of likely N-dealkylation sites (N-methyl/N-ethyl adjacent to an activating group) is 1. The second kappa shape index (κ2) is 8.25. The fourth-order valence-electron chi connectivity index (χ4n) is 2.13. The number of hydrogen-bond acceptors (Lipinski definition) is 3. The van der Waals surface area contributed by atoms with Crippen molar-refractivity contribution >= 4 is 17.5 Å². The van der Waals surface area contributed by atoms with Crippen LogP contribution in [0.1, 0.15) is 24.9 Å². The Kier molecular flexibility index (Phi) is 6.99. The first kappa shape index (κ1) is 17.0. The molecule has 1 rings (SSSR count). The summed E-state index contributed by atoms with van der Waals surface area (Å²) in [6, 6.07) is 7.70. The van der Waals surface area contributed by atoms with Gasteiger partial charge in [0.15, 0.2) is 0 Å². The molecule has 1 aromatic rings. The number of carbonyl (C=O) groups is 1. The maximum atomic E-state index is 12.0. The van der Waals surface area contributed by atoms with Crippen LogP contribution in [0.4, 0.5) is 0 Å². The third-order valence-corrected chi connectivity index (χ3v) is 3.52. The Labute approximate surface area is 126 Å². The first-order valence-electron chi connectivity index (χ1n) is 6.89. The zero-order chi connectivity index (χ0) is 15.1. The number of halogens is 1. The lowest BCUT2D eigenvalue weighted by Gasteiger charge is -2.31. The molecule has 0 aliphatic carbocycles. The molecule has 0 spiro atoms. The topological polar surface area (TPSA) is 49.6 Å². The van der Waals surface area contributed by atoms with Gasteiger partial charge in [-0.3, -0.25) is 9.69 Å². The number of benzene rings is 1. The Balaban J connectivity index is 2.90. The van der Waals surface area contributed by atoms with Crippen LogP contribution in [-0.4, -0.2) is 49.4 Å². The van der Waals surface area contributed by atoms with Gasteiger partial charge in [0.05, 0.1) is 6.54 Å². The first-order chi connectivity index (χ1) is 9.49. The van der Waals surface area contributed by atoms with Crippen molar-refractivity contribution in [2.24, 2.45) is 5.73 Å². The molecule has 0 radical (unpaired) electrons. The summed E-state index contributed by atoms with van der Waals surface area (Å²) in [5.41, 5.74) is 7.02. The van der Waals surface area contributed by atoms with Crippen LogP contribution in [-0.2, 0) is 4.79 Å². The molecule has 1 amide bonds. The van der Waals surface area contributed by atoms with E-state index in [1.54, 1.807) is 19.0 Å². The predicted octanol–water partition coefficient (Wildman–Crippen LogP) is 2.14. The number of amides is 1. The standard InChI is InChI=1S/C15H24ClN3O/c1-4-9-19(11-15(20)18(2)3)14(10-17)12-5-7-13(16)8-6-12/h5-8,14H,4,9-11,17H2,1-3H3. The molecule has 4 nitrogen and oxygen atoms in total. The van der Waals surface area contributed by atoms with E-state index >= 15 is 0 Å². The van der Waals surface area contributed by atoms with Crippen molar-refractivity contribution < 1.29 is 4.79 Å². The van der Waals surface area contributed by atoms with Crippen LogP contribution < -0.4 is 5.73 Å². The van der Waals surface area contributed by atoms with Crippen molar-refractivity contribution in [2.45, 2.75) is 19.4 Å². The van der Waals surface area contributed by atoms with Crippen LogP contribution in [0.3, 0.4) is 0 Å². The molecule has 0 saturated heterocycles. The number of carbonyl (C=O) groups excluding carboxylic acids is 1. The molecule has 0 heterocycles. The minimum atomic E-state index is 0.0381. The molecule has 0 aromatic heterocycles. The Morgan fingerprint density at radius 3 is 2.35 bits per heavy atom. The van der Waals surface area contributed by atoms with Gasteiger partial charge in [-0.1, -0.05) is 30.7 Å². The van der Waals surface area contributed by atoms with Crippen molar-refractivity contribution in [3.8, 4) is 0 Å². The highest BCUT2D eigenvalue weighted by Crippen LogP contribution is 2.22. The highest BCUT2D eigenvalue weighted by atomic mass is 35.5. The lowest BCUT2D eigenvalue weighted by atomic mass is 10.0. The molecule has 0 bridgehead atoms. The maximum Gasteiger partial charge on any atom is 0.236 e. The predicted molar refractivity (Wildman–Crippen MR) is 83.8 cm³/mol. The largest absolute Gasteiger partial charge is 0.348 e. The van der Waals surface area contributed by atoms with E-state index in [2.05, 4.69) is 11.8 Å². The molecule has 5 heteroatoms. The fourth-order valence-corrected chi connectivity index (χ4v) is 2.25. The van der Waals surface area contributed by atoms with Crippen molar-refractivity contribution in [3.63, 3.8) is 0 Å². The van der Waals surface area contributed by atoms with Gasteiger partial charge in [0.2, 0.25) is 5.91 Å². The second-order valence-electron chi connectivity index (χ2n) is 5.06. The molecular weight excluding hydrogens is 274 g/mol. The zero-order valence-corrected chi connectivity index (χ0v) is 13.2. The van der Waals surface area contributed by atoms with Gasteiger partial charge >= 0.3 is 0 Å². The molecule has 20 heavy (non-hydrogen) atoms. The first-order valence-corrected chi connectivity index (χ1v) is 7.27. The molecule has 1 aromatic carbocycles. The Morgan fingerprint density at radius 1 is 1.30 bits per heavy atom. The summed E-state index contributed by atoms with van der Waals surface area (Å²) in [4.78, 5) is 15.7. The summed E-state index contributed by atoms with van der Waals surface area (Å²) in [7, 11) is 3.54. The van der Waals surface area contributed by atoms with Gasteiger partial charge in [-0.05, 0) is 30.7 Å². The molecule has 112 valence electrons. The van der Waals surface area contributed by atoms with Gasteiger partial charge in [-0.2, -0.15) is 0 Å². The smallest absolute Gasteiger partial charge is 0.236 e. The van der Waals surface area contributed by atoms with E-state index in [9.17, 15) is 4.79 Å². The molecule has 0 saturated carbocycles. The van der Waals surface area contributed by atoms with E-state index in [4.69, 9.17) is 17.3 Å². The lowest BCUT2D eigenvalue weighted by molar-refractivity contribution is -0.130. The van der Waals surface area contributed by atoms with Gasteiger partial charge in [-0.15, -0.1) is 0 Å². The highest BCUT2D eigenvalue weighted by molar-refractivity contribution is 6.30. The van der Waals surface area contributed by atoms with Gasteiger partial charge in [0.1, 0.15) is 0 Å². The molecular formula is C15H24ClN3O. The summed E-state index contributed by atoms with van der Waals surface area (Å²) >= 11 is 5.92. The van der Waals surface area contributed by atoms with E-state index in [0.717, 1.165) is 18.5 Å². The molecule has 1 atom stereocenters. The van der Waals surface area contributed by atoms with Crippen LogP contribution in [0.15, 0.2) is 24.3 Å². The Morgan fingerprint density at radius 2 is 1.90 bits per heavy atom. The van der Waals surface area contributed by atoms with Crippen LogP contribution in [0.25, 0.3) is 0 Å². The minimum absolute atomic E-state index is 0.0381. The maximum absolute atomic E-state index is 12.0. The van der Waals surface area contributed by atoms with Crippen LogP contribution in [0.2, 0.25) is 5.02 Å². The summed E-state index contributed by atoms with van der Waals surface area (Å²) in [6.07, 6.45) is 0.977. The van der Waals surface area contributed by atoms with Gasteiger partial charge < -0.3 is 10.6 Å². The van der Waals surface area contributed by atoms with E-state index in [1.807, 2.05) is 24.3 Å². The summed E-state index contributed by atoms with van der Waals surface area (Å²) in [5, 5.41) is 0.705.